The highest BCUT2D eigenvalue weighted by molar-refractivity contribution is 6.00. The average molecular weight is 523 g/mol. The van der Waals surface area contributed by atoms with Crippen LogP contribution in [-0.2, 0) is 17.4 Å². The van der Waals surface area contributed by atoms with Crippen LogP contribution in [0, 0.1) is 5.92 Å². The Balaban J connectivity index is 1.81. The maximum Gasteiger partial charge on any atom is 0.416 e. The van der Waals surface area contributed by atoms with Crippen molar-refractivity contribution in [3.63, 3.8) is 0 Å². The first kappa shape index (κ1) is 28.3. The number of amides is 3. The van der Waals surface area contributed by atoms with Gasteiger partial charge in [-0.2, -0.15) is 13.2 Å². The predicted octanol–water partition coefficient (Wildman–Crippen LogP) is 4.06. The number of anilines is 2. The van der Waals surface area contributed by atoms with Gasteiger partial charge in [0.25, 0.3) is 0 Å². The highest BCUT2D eigenvalue weighted by Crippen LogP contribution is 2.31. The third-order valence-electron chi connectivity index (χ3n) is 6.19. The summed E-state index contributed by atoms with van der Waals surface area (Å²) in [5.41, 5.74) is 0.344. The number of aliphatic hydroxyl groups is 1. The number of carbonyl (C=O) groups is 2. The lowest BCUT2D eigenvalue weighted by molar-refractivity contribution is -0.137. The van der Waals surface area contributed by atoms with Gasteiger partial charge >= 0.3 is 12.2 Å². The van der Waals surface area contributed by atoms with Crippen molar-refractivity contribution >= 4 is 23.3 Å². The summed E-state index contributed by atoms with van der Waals surface area (Å²) in [5, 5.41) is 14.9. The van der Waals surface area contributed by atoms with Gasteiger partial charge in [0, 0.05) is 35.9 Å². The fourth-order valence-corrected chi connectivity index (χ4v) is 4.12. The van der Waals surface area contributed by atoms with E-state index in [1.54, 1.807) is 30.0 Å². The zero-order valence-electron chi connectivity index (χ0n) is 21.3. The summed E-state index contributed by atoms with van der Waals surface area (Å²) < 4.78 is 44.6. The number of urea groups is 1. The van der Waals surface area contributed by atoms with E-state index in [0.717, 1.165) is 12.1 Å². The third kappa shape index (κ3) is 7.59. The van der Waals surface area contributed by atoms with Crippen LogP contribution in [-0.4, -0.2) is 72.8 Å². The van der Waals surface area contributed by atoms with Crippen molar-refractivity contribution < 1.29 is 32.6 Å². The molecule has 0 aromatic heterocycles. The Hall–Kier alpha value is -3.31. The quantitative estimate of drug-likeness (QED) is 0.532. The minimum Gasteiger partial charge on any atom is -0.488 e. The second kappa shape index (κ2) is 11.8. The molecule has 37 heavy (non-hydrogen) atoms. The molecule has 0 radical (unpaired) electrons. The Morgan fingerprint density at radius 2 is 1.78 bits per heavy atom. The first-order valence-electron chi connectivity index (χ1n) is 12.0. The summed E-state index contributed by atoms with van der Waals surface area (Å²) >= 11 is 0. The number of aliphatic hydroxyl groups excluding tert-OH is 1. The first-order valence-corrected chi connectivity index (χ1v) is 12.0. The van der Waals surface area contributed by atoms with Gasteiger partial charge in [0.2, 0.25) is 5.91 Å². The van der Waals surface area contributed by atoms with E-state index in [0.29, 0.717) is 30.1 Å². The second-order valence-electron chi connectivity index (χ2n) is 9.63. The van der Waals surface area contributed by atoms with Crippen molar-refractivity contribution in [3.05, 3.63) is 53.6 Å². The fraction of sp³-hybridized carbons (Fsp3) is 0.462. The van der Waals surface area contributed by atoms with E-state index in [9.17, 15) is 27.9 Å². The molecule has 202 valence electrons. The van der Waals surface area contributed by atoms with Gasteiger partial charge in [0.15, 0.2) is 0 Å². The summed E-state index contributed by atoms with van der Waals surface area (Å²) in [6.07, 6.45) is -4.68. The Labute approximate surface area is 214 Å². The van der Waals surface area contributed by atoms with Crippen LogP contribution in [0.25, 0.3) is 0 Å². The van der Waals surface area contributed by atoms with Crippen LogP contribution in [0.15, 0.2) is 42.5 Å². The van der Waals surface area contributed by atoms with E-state index < -0.39 is 17.8 Å². The van der Waals surface area contributed by atoms with E-state index in [1.807, 2.05) is 25.9 Å². The number of rotatable bonds is 6. The largest absolute Gasteiger partial charge is 0.488 e. The zero-order valence-corrected chi connectivity index (χ0v) is 21.3. The number of fused-ring (bicyclic) bond motifs is 1. The van der Waals surface area contributed by atoms with Crippen molar-refractivity contribution in [2.24, 2.45) is 5.92 Å². The standard InChI is InChI=1S/C26H33F3N4O4/c1-16-13-33(17(2)15-34)24(35)12-18-11-21(9-10-22(18)37-23(16)14-32(3)4)31-25(36)30-20-7-5-19(6-8-20)26(27,28)29/h5-11,16-17,23,34H,12-15H2,1-4H3,(H2,30,31,36)/t16-,17+,23-/m0/s1. The van der Waals surface area contributed by atoms with Crippen LogP contribution < -0.4 is 15.4 Å². The van der Waals surface area contributed by atoms with Gasteiger partial charge in [0.1, 0.15) is 11.9 Å². The molecule has 8 nitrogen and oxygen atoms in total. The fourth-order valence-electron chi connectivity index (χ4n) is 4.12. The van der Waals surface area contributed by atoms with Gasteiger partial charge in [0.05, 0.1) is 24.6 Å². The van der Waals surface area contributed by atoms with Crippen LogP contribution >= 0.6 is 0 Å². The van der Waals surface area contributed by atoms with Crippen LogP contribution in [0.1, 0.15) is 25.0 Å². The molecule has 3 atom stereocenters. The van der Waals surface area contributed by atoms with Gasteiger partial charge in [-0.3, -0.25) is 4.79 Å². The second-order valence-corrected chi connectivity index (χ2v) is 9.63. The lowest BCUT2D eigenvalue weighted by atomic mass is 10.0. The number of alkyl halides is 3. The summed E-state index contributed by atoms with van der Waals surface area (Å²) in [6, 6.07) is 8.06. The molecule has 1 aliphatic rings. The summed E-state index contributed by atoms with van der Waals surface area (Å²) in [5.74, 6) is 0.341. The smallest absolute Gasteiger partial charge is 0.416 e. The maximum atomic E-state index is 13.2. The lowest BCUT2D eigenvalue weighted by Gasteiger charge is -2.33. The molecule has 3 amide bonds. The third-order valence-corrected chi connectivity index (χ3v) is 6.19. The number of nitrogens with zero attached hydrogens (tertiary/aromatic N) is 2. The topological polar surface area (TPSA) is 94.1 Å². The number of hydrogen-bond acceptors (Lipinski definition) is 5. The number of benzene rings is 2. The normalized spacial score (nSPS) is 19.3. The van der Waals surface area contributed by atoms with Gasteiger partial charge < -0.3 is 30.3 Å². The molecule has 1 aliphatic heterocycles. The van der Waals surface area contributed by atoms with Crippen LogP contribution in [0.2, 0.25) is 0 Å². The molecule has 0 bridgehead atoms. The monoisotopic (exact) mass is 522 g/mol. The van der Waals surface area contributed by atoms with Gasteiger partial charge in [-0.25, -0.2) is 4.79 Å². The molecule has 0 aliphatic carbocycles. The van der Waals surface area contributed by atoms with Gasteiger partial charge in [-0.1, -0.05) is 6.92 Å². The number of likely N-dealkylation sites (N-methyl/N-ethyl adjacent to an activating group) is 1. The molecule has 1 heterocycles. The van der Waals surface area contributed by atoms with E-state index >= 15 is 0 Å². The minimum absolute atomic E-state index is 0.0110. The highest BCUT2D eigenvalue weighted by Gasteiger charge is 2.31. The van der Waals surface area contributed by atoms with Gasteiger partial charge in [-0.05, 0) is 63.5 Å². The molecule has 3 N–H and O–H groups in total. The molecule has 2 aromatic carbocycles. The van der Waals surface area contributed by atoms with E-state index in [4.69, 9.17) is 4.74 Å². The van der Waals surface area contributed by atoms with E-state index in [2.05, 4.69) is 10.6 Å². The molecule has 11 heteroatoms. The van der Waals surface area contributed by atoms with Crippen molar-refractivity contribution in [1.29, 1.82) is 0 Å². The number of nitrogens with one attached hydrogen (secondary N) is 2. The molecule has 0 saturated heterocycles. The molecule has 0 spiro atoms. The van der Waals surface area contributed by atoms with E-state index in [1.165, 1.54) is 12.1 Å². The van der Waals surface area contributed by atoms with Gasteiger partial charge in [-0.15, -0.1) is 0 Å². The van der Waals surface area contributed by atoms with Crippen molar-refractivity contribution in [2.45, 2.75) is 38.6 Å². The van der Waals surface area contributed by atoms with Crippen molar-refractivity contribution in [2.75, 3.05) is 44.4 Å². The summed E-state index contributed by atoms with van der Waals surface area (Å²) in [6.45, 7) is 4.66. The Morgan fingerprint density at radius 1 is 1.16 bits per heavy atom. The average Bonchev–Trinajstić information content (AvgIpc) is 2.86. The van der Waals surface area contributed by atoms with Crippen molar-refractivity contribution in [3.8, 4) is 5.75 Å². The minimum atomic E-state index is -4.46. The molecule has 0 saturated carbocycles. The molecular formula is C26H33F3N4O4. The predicted molar refractivity (Wildman–Crippen MR) is 135 cm³/mol. The van der Waals surface area contributed by atoms with E-state index in [-0.39, 0.29) is 42.7 Å². The number of carbonyl (C=O) groups excluding carboxylic acids is 2. The number of halogens is 3. The Bertz CT molecular complexity index is 1090. The highest BCUT2D eigenvalue weighted by atomic mass is 19.4. The Kier molecular flexibility index (Phi) is 9.03. The lowest BCUT2D eigenvalue weighted by Crippen LogP contribution is -2.47. The summed E-state index contributed by atoms with van der Waals surface area (Å²) in [7, 11) is 3.87. The molecule has 2 aromatic rings. The molecule has 0 fully saturated rings. The molecular weight excluding hydrogens is 489 g/mol. The first-order chi connectivity index (χ1) is 17.4. The zero-order chi connectivity index (χ0) is 27.3. The SMILES string of the molecule is C[C@H](CO)N1C[C@H](C)[C@H](CN(C)C)Oc2ccc(NC(=O)Nc3ccc(C(F)(F)F)cc3)cc2CC1=O. The molecule has 3 rings (SSSR count). The number of hydrogen-bond donors (Lipinski definition) is 3. The Morgan fingerprint density at radius 3 is 2.38 bits per heavy atom. The van der Waals surface area contributed by atoms with Crippen LogP contribution in [0.4, 0.5) is 29.3 Å². The van der Waals surface area contributed by atoms with Crippen LogP contribution in [0.3, 0.4) is 0 Å². The molecule has 0 unspecified atom stereocenters. The van der Waals surface area contributed by atoms with Crippen LogP contribution in [0.5, 0.6) is 5.75 Å². The maximum absolute atomic E-state index is 13.2. The number of ether oxygens (including phenoxy) is 1. The summed E-state index contributed by atoms with van der Waals surface area (Å²) in [4.78, 5) is 29.3. The van der Waals surface area contributed by atoms with Crippen molar-refractivity contribution in [1.82, 2.24) is 9.80 Å².